The number of aromatic nitrogens is 5. The lowest BCUT2D eigenvalue weighted by molar-refractivity contribution is 0.102. The van der Waals surface area contributed by atoms with Gasteiger partial charge in [0.05, 0.1) is 31.1 Å². The highest BCUT2D eigenvalue weighted by Crippen LogP contribution is 2.35. The zero-order valence-electron chi connectivity index (χ0n) is 19.2. The first-order valence-corrected chi connectivity index (χ1v) is 11.9. The van der Waals surface area contributed by atoms with Crippen LogP contribution in [-0.2, 0) is 4.74 Å². The maximum atomic E-state index is 13.8. The summed E-state index contributed by atoms with van der Waals surface area (Å²) >= 11 is 0. The Hall–Kier alpha value is -3.08. The number of nitrogens with one attached hydrogen (secondary N) is 1. The molecule has 182 valence electrons. The molecule has 1 N–H and O–H groups in total. The molecule has 1 saturated carbocycles. The van der Waals surface area contributed by atoms with Crippen LogP contribution in [0, 0.1) is 5.92 Å². The van der Waals surface area contributed by atoms with E-state index < -0.39 is 18.0 Å². The van der Waals surface area contributed by atoms with Crippen LogP contribution in [0.25, 0.3) is 5.65 Å². The third-order valence-electron chi connectivity index (χ3n) is 6.92. The molecule has 9 nitrogen and oxygen atoms in total. The summed E-state index contributed by atoms with van der Waals surface area (Å²) in [6.07, 6.45) is 6.94. The van der Waals surface area contributed by atoms with Crippen molar-refractivity contribution >= 4 is 23.1 Å². The van der Waals surface area contributed by atoms with E-state index in [1.807, 2.05) is 6.07 Å². The van der Waals surface area contributed by atoms with Crippen LogP contribution in [0.15, 0.2) is 24.7 Å². The first kappa shape index (κ1) is 22.7. The van der Waals surface area contributed by atoms with Gasteiger partial charge in [-0.05, 0) is 37.7 Å². The van der Waals surface area contributed by atoms with E-state index in [4.69, 9.17) is 4.74 Å². The van der Waals surface area contributed by atoms with E-state index in [1.54, 1.807) is 10.9 Å². The van der Waals surface area contributed by atoms with E-state index >= 15 is 0 Å². The van der Waals surface area contributed by atoms with Crippen molar-refractivity contribution in [1.29, 1.82) is 0 Å². The molecule has 0 aromatic carbocycles. The summed E-state index contributed by atoms with van der Waals surface area (Å²) < 4.78 is 36.0. The molecule has 0 atom stereocenters. The molecule has 3 aromatic heterocycles. The molecule has 11 heteroatoms. The van der Waals surface area contributed by atoms with E-state index in [2.05, 4.69) is 32.3 Å². The van der Waals surface area contributed by atoms with Crippen LogP contribution in [-0.4, -0.2) is 56.6 Å². The van der Waals surface area contributed by atoms with Crippen molar-refractivity contribution in [2.24, 2.45) is 5.92 Å². The number of ether oxygens (including phenoxy) is 1. The molecule has 0 spiro atoms. The van der Waals surface area contributed by atoms with Gasteiger partial charge in [-0.1, -0.05) is 13.3 Å². The van der Waals surface area contributed by atoms with E-state index in [-0.39, 0.29) is 17.3 Å². The first-order chi connectivity index (χ1) is 16.5. The minimum Gasteiger partial charge on any atom is -0.378 e. The molecule has 1 saturated heterocycles. The third-order valence-corrected chi connectivity index (χ3v) is 6.92. The molecule has 4 heterocycles. The molecular formula is C23H29F2N7O2. The molecule has 2 aliphatic rings. The van der Waals surface area contributed by atoms with Gasteiger partial charge in [-0.2, -0.15) is 10.2 Å². The molecule has 5 rings (SSSR count). The molecule has 34 heavy (non-hydrogen) atoms. The van der Waals surface area contributed by atoms with Crippen molar-refractivity contribution in [2.45, 2.75) is 51.5 Å². The monoisotopic (exact) mass is 473 g/mol. The molecule has 1 aliphatic carbocycles. The minimum absolute atomic E-state index is 0.0290. The van der Waals surface area contributed by atoms with Gasteiger partial charge in [-0.3, -0.25) is 9.48 Å². The second kappa shape index (κ2) is 9.65. The van der Waals surface area contributed by atoms with Crippen LogP contribution >= 0.6 is 0 Å². The average Bonchev–Trinajstić information content (AvgIpc) is 3.49. The molecule has 1 amide bonds. The number of nitrogens with zero attached hydrogens (tertiary/aromatic N) is 6. The normalized spacial score (nSPS) is 21.4. The molecule has 0 bridgehead atoms. The molecule has 0 radical (unpaired) electrons. The van der Waals surface area contributed by atoms with Gasteiger partial charge in [0.15, 0.2) is 11.3 Å². The van der Waals surface area contributed by atoms with Crippen LogP contribution in [0.3, 0.4) is 0 Å². The summed E-state index contributed by atoms with van der Waals surface area (Å²) in [6, 6.07) is 1.90. The number of rotatable bonds is 6. The highest BCUT2D eigenvalue weighted by Gasteiger charge is 2.27. The van der Waals surface area contributed by atoms with Gasteiger partial charge in [0.25, 0.3) is 12.3 Å². The van der Waals surface area contributed by atoms with E-state index in [0.717, 1.165) is 32.1 Å². The zero-order valence-corrected chi connectivity index (χ0v) is 19.2. The number of amides is 1. The van der Waals surface area contributed by atoms with Crippen molar-refractivity contribution < 1.29 is 18.3 Å². The van der Waals surface area contributed by atoms with Gasteiger partial charge in [0.2, 0.25) is 0 Å². The second-order valence-electron chi connectivity index (χ2n) is 8.96. The predicted molar refractivity (Wildman–Crippen MR) is 122 cm³/mol. The Balaban J connectivity index is 1.38. The topological polar surface area (TPSA) is 89.6 Å². The van der Waals surface area contributed by atoms with Gasteiger partial charge in [-0.15, -0.1) is 0 Å². The predicted octanol–water partition coefficient (Wildman–Crippen LogP) is 4.09. The lowest BCUT2D eigenvalue weighted by atomic mass is 9.85. The van der Waals surface area contributed by atoms with Gasteiger partial charge < -0.3 is 15.0 Å². The number of anilines is 2. The number of carbonyl (C=O) groups is 1. The Labute approximate surface area is 196 Å². The summed E-state index contributed by atoms with van der Waals surface area (Å²) in [7, 11) is 0. The maximum absolute atomic E-state index is 13.8. The minimum atomic E-state index is -2.79. The summed E-state index contributed by atoms with van der Waals surface area (Å²) in [5, 5.41) is 11.0. The molecule has 3 aromatic rings. The fourth-order valence-electron chi connectivity index (χ4n) is 4.85. The molecule has 1 aliphatic heterocycles. The highest BCUT2D eigenvalue weighted by molar-refractivity contribution is 6.08. The number of hydrogen-bond donors (Lipinski definition) is 1. The van der Waals surface area contributed by atoms with Gasteiger partial charge >= 0.3 is 0 Å². The number of fused-ring (bicyclic) bond motifs is 1. The average molecular weight is 474 g/mol. The fourth-order valence-corrected chi connectivity index (χ4v) is 4.85. The van der Waals surface area contributed by atoms with Crippen molar-refractivity contribution in [3.63, 3.8) is 0 Å². The standard InChI is InChI=1S/C23H29F2N7O2/c1-2-15-3-5-16(6-4-15)32-14-18(20(29-32)21(24)25)27-23(33)17-13-26-31-8-7-19(28-22(17)31)30-9-11-34-12-10-30/h7-8,13-16,21H,2-6,9-12H2,1H3,(H,27,33). The Bertz CT molecular complexity index is 1150. The van der Waals surface area contributed by atoms with Crippen LogP contribution < -0.4 is 10.2 Å². The molecular weight excluding hydrogens is 444 g/mol. The lowest BCUT2D eigenvalue weighted by Crippen LogP contribution is -2.36. The molecule has 2 fully saturated rings. The van der Waals surface area contributed by atoms with Crippen molar-refractivity contribution in [2.75, 3.05) is 36.5 Å². The SMILES string of the molecule is CCC1CCC(n2cc(NC(=O)c3cnn4ccc(N5CCOCC5)nc34)c(C(F)F)n2)CC1. The van der Waals surface area contributed by atoms with E-state index in [9.17, 15) is 13.6 Å². The van der Waals surface area contributed by atoms with Crippen LogP contribution in [0.2, 0.25) is 0 Å². The number of carbonyl (C=O) groups excluding carboxylic acids is 1. The van der Waals surface area contributed by atoms with Crippen molar-refractivity contribution in [3.8, 4) is 0 Å². The Morgan fingerprint density at radius 2 is 2.00 bits per heavy atom. The quantitative estimate of drug-likeness (QED) is 0.580. The van der Waals surface area contributed by atoms with Gasteiger partial charge in [0.1, 0.15) is 11.4 Å². The molecule has 0 unspecified atom stereocenters. The smallest absolute Gasteiger partial charge is 0.284 e. The largest absolute Gasteiger partial charge is 0.378 e. The summed E-state index contributed by atoms with van der Waals surface area (Å²) in [5.74, 6) is 0.859. The van der Waals surface area contributed by atoms with Crippen LogP contribution in [0.5, 0.6) is 0 Å². The summed E-state index contributed by atoms with van der Waals surface area (Å²) in [4.78, 5) is 19.8. The zero-order chi connectivity index (χ0) is 23.7. The lowest BCUT2D eigenvalue weighted by Gasteiger charge is -2.27. The summed E-state index contributed by atoms with van der Waals surface area (Å²) in [5.41, 5.74) is 0.197. The van der Waals surface area contributed by atoms with Gasteiger partial charge in [-0.25, -0.2) is 18.3 Å². The van der Waals surface area contributed by atoms with Crippen LogP contribution in [0.4, 0.5) is 20.3 Å². The van der Waals surface area contributed by atoms with E-state index in [1.165, 1.54) is 16.9 Å². The number of halogens is 2. The number of alkyl halides is 2. The van der Waals surface area contributed by atoms with Gasteiger partial charge in [0, 0.05) is 25.5 Å². The summed E-state index contributed by atoms with van der Waals surface area (Å²) in [6.45, 7) is 4.81. The highest BCUT2D eigenvalue weighted by atomic mass is 19.3. The maximum Gasteiger partial charge on any atom is 0.284 e. The third kappa shape index (κ3) is 4.48. The van der Waals surface area contributed by atoms with Crippen molar-refractivity contribution in [1.82, 2.24) is 24.4 Å². The Morgan fingerprint density at radius 3 is 2.71 bits per heavy atom. The first-order valence-electron chi connectivity index (χ1n) is 11.9. The number of hydrogen-bond acceptors (Lipinski definition) is 6. The second-order valence-corrected chi connectivity index (χ2v) is 8.96. The fraction of sp³-hybridized carbons (Fsp3) is 0.565. The Morgan fingerprint density at radius 1 is 1.24 bits per heavy atom. The van der Waals surface area contributed by atoms with Crippen molar-refractivity contribution in [3.05, 3.63) is 35.9 Å². The number of morpholine rings is 1. The van der Waals surface area contributed by atoms with E-state index in [0.29, 0.717) is 43.7 Å². The Kier molecular flexibility index (Phi) is 6.44. The van der Waals surface area contributed by atoms with Crippen LogP contribution in [0.1, 0.15) is 67.5 Å².